The molecular formula is C24H33N4O. The van der Waals surface area contributed by atoms with Gasteiger partial charge < -0.3 is 14.8 Å². The number of amides is 1. The van der Waals surface area contributed by atoms with Crippen LogP contribution in [0.1, 0.15) is 25.0 Å². The summed E-state index contributed by atoms with van der Waals surface area (Å²) in [7, 11) is 2.15. The summed E-state index contributed by atoms with van der Waals surface area (Å²) in [5.74, 6) is 0.210. The molecule has 0 unspecified atom stereocenters. The molecule has 3 aliphatic rings. The van der Waals surface area contributed by atoms with Crippen molar-refractivity contribution in [3.8, 4) is 0 Å². The number of hydrogen-bond donors (Lipinski definition) is 1. The number of nitrogens with one attached hydrogen (secondary N) is 1. The molecule has 1 amide bonds. The van der Waals surface area contributed by atoms with Crippen molar-refractivity contribution in [3.63, 3.8) is 0 Å². The maximum atomic E-state index is 12.9. The lowest BCUT2D eigenvalue weighted by molar-refractivity contribution is -0.134. The van der Waals surface area contributed by atoms with E-state index in [9.17, 15) is 4.79 Å². The summed E-state index contributed by atoms with van der Waals surface area (Å²) >= 11 is 0. The second-order valence-electron chi connectivity index (χ2n) is 8.28. The van der Waals surface area contributed by atoms with E-state index in [0.29, 0.717) is 6.04 Å². The Morgan fingerprint density at radius 3 is 2.66 bits per heavy atom. The van der Waals surface area contributed by atoms with Crippen LogP contribution >= 0.6 is 0 Å². The number of benzene rings is 1. The molecule has 1 saturated heterocycles. The first kappa shape index (κ1) is 20.2. The highest BCUT2D eigenvalue weighted by Crippen LogP contribution is 2.40. The molecule has 5 nitrogen and oxygen atoms in total. The van der Waals surface area contributed by atoms with Gasteiger partial charge in [-0.15, -0.1) is 0 Å². The third-order valence-electron chi connectivity index (χ3n) is 6.52. The monoisotopic (exact) mass is 393 g/mol. The minimum absolute atomic E-state index is 0.0445. The summed E-state index contributed by atoms with van der Waals surface area (Å²) in [5.41, 5.74) is 5.21. The standard InChI is InChI=1S/C20H25N3O.C4H8N/c1-4-23(5-2)20(24)14-9-16-15-7-6-8-17-19(15)13(11-21-17)10-18(16)22(3)12-14;1-2-5-3-4-5/h6-9,11,14,18,21H,4-5,10,12H2,1-3H3;1-4H2/t14-,18-;/m1./s1. The lowest BCUT2D eigenvalue weighted by Crippen LogP contribution is -2.47. The van der Waals surface area contributed by atoms with Crippen molar-refractivity contribution in [1.29, 1.82) is 0 Å². The van der Waals surface area contributed by atoms with Gasteiger partial charge in [0.1, 0.15) is 0 Å². The first-order valence-corrected chi connectivity index (χ1v) is 10.9. The number of H-pyrrole nitrogens is 1. The van der Waals surface area contributed by atoms with Gasteiger partial charge in [0.05, 0.1) is 5.92 Å². The highest BCUT2D eigenvalue weighted by Gasteiger charge is 2.36. The Balaban J connectivity index is 0.000000359. The third kappa shape index (κ3) is 3.86. The molecule has 2 aliphatic heterocycles. The van der Waals surface area contributed by atoms with E-state index < -0.39 is 0 Å². The average Bonchev–Trinajstić information content (AvgIpc) is 3.50. The molecule has 5 heteroatoms. The fourth-order valence-corrected chi connectivity index (χ4v) is 4.67. The van der Waals surface area contributed by atoms with Crippen molar-refractivity contribution in [3.05, 3.63) is 48.5 Å². The molecule has 1 aliphatic carbocycles. The van der Waals surface area contributed by atoms with E-state index in [1.54, 1.807) is 0 Å². The lowest BCUT2D eigenvalue weighted by Gasteiger charge is -2.40. The van der Waals surface area contributed by atoms with Crippen LogP contribution in [0.15, 0.2) is 30.5 Å². The van der Waals surface area contributed by atoms with Crippen LogP contribution in [0.25, 0.3) is 16.5 Å². The Kier molecular flexibility index (Phi) is 5.79. The molecule has 1 N–H and O–H groups in total. The SMILES string of the molecule is CCN(CC)C(=O)[C@@H]1C=C2c3cccc4[nH]cc(c34)C[C@H]2N(C)C1.[CH2]CN1CC1. The van der Waals surface area contributed by atoms with Crippen molar-refractivity contribution in [2.45, 2.75) is 26.3 Å². The van der Waals surface area contributed by atoms with E-state index in [1.807, 2.05) is 4.90 Å². The Bertz CT molecular complexity index is 907. The summed E-state index contributed by atoms with van der Waals surface area (Å²) in [4.78, 5) is 22.8. The number of likely N-dealkylation sites (N-methyl/N-ethyl adjacent to an activating group) is 1. The highest BCUT2D eigenvalue weighted by atomic mass is 16.2. The predicted octanol–water partition coefficient (Wildman–Crippen LogP) is 3.04. The van der Waals surface area contributed by atoms with Gasteiger partial charge in [0.15, 0.2) is 0 Å². The number of fused-ring (bicyclic) bond motifs is 2. The van der Waals surface area contributed by atoms with Crippen molar-refractivity contribution >= 4 is 22.4 Å². The summed E-state index contributed by atoms with van der Waals surface area (Å²) in [6, 6.07) is 6.82. The molecule has 1 aromatic carbocycles. The van der Waals surface area contributed by atoms with Gasteiger partial charge in [-0.05, 0) is 63.6 Å². The van der Waals surface area contributed by atoms with Crippen molar-refractivity contribution < 1.29 is 4.79 Å². The maximum absolute atomic E-state index is 12.9. The van der Waals surface area contributed by atoms with Gasteiger partial charge in [0.25, 0.3) is 0 Å². The molecule has 5 rings (SSSR count). The van der Waals surface area contributed by atoms with Crippen LogP contribution in [0.4, 0.5) is 0 Å². The Morgan fingerprint density at radius 1 is 1.28 bits per heavy atom. The third-order valence-corrected chi connectivity index (χ3v) is 6.52. The van der Waals surface area contributed by atoms with Gasteiger partial charge in [0, 0.05) is 55.9 Å². The number of aromatic amines is 1. The molecular weight excluding hydrogens is 360 g/mol. The fraction of sp³-hybridized carbons (Fsp3) is 0.500. The summed E-state index contributed by atoms with van der Waals surface area (Å²) < 4.78 is 0. The van der Waals surface area contributed by atoms with Crippen LogP contribution in [0.3, 0.4) is 0 Å². The van der Waals surface area contributed by atoms with Gasteiger partial charge in [-0.1, -0.05) is 18.2 Å². The van der Waals surface area contributed by atoms with Gasteiger partial charge >= 0.3 is 0 Å². The number of hydrogen-bond acceptors (Lipinski definition) is 3. The normalized spacial score (nSPS) is 23.1. The molecule has 1 aromatic heterocycles. The van der Waals surface area contributed by atoms with Crippen LogP contribution in [0, 0.1) is 12.8 Å². The predicted molar refractivity (Wildman–Crippen MR) is 120 cm³/mol. The zero-order valence-corrected chi connectivity index (χ0v) is 17.9. The molecule has 3 heterocycles. The smallest absolute Gasteiger partial charge is 0.230 e. The molecule has 2 aromatic rings. The van der Waals surface area contributed by atoms with Crippen molar-refractivity contribution in [2.24, 2.45) is 5.92 Å². The van der Waals surface area contributed by atoms with Crippen LogP contribution in [0.5, 0.6) is 0 Å². The Hall–Kier alpha value is -2.11. The summed E-state index contributed by atoms with van der Waals surface area (Å²) in [6.45, 7) is 13.7. The minimum Gasteiger partial charge on any atom is -0.361 e. The van der Waals surface area contributed by atoms with Crippen LogP contribution in [0.2, 0.25) is 0 Å². The van der Waals surface area contributed by atoms with E-state index >= 15 is 0 Å². The van der Waals surface area contributed by atoms with Crippen molar-refractivity contribution in [2.75, 3.05) is 46.3 Å². The molecule has 1 fully saturated rings. The van der Waals surface area contributed by atoms with Gasteiger partial charge in [0.2, 0.25) is 5.91 Å². The highest BCUT2D eigenvalue weighted by molar-refractivity contribution is 5.99. The van der Waals surface area contributed by atoms with Crippen LogP contribution < -0.4 is 0 Å². The molecule has 0 bridgehead atoms. The Labute approximate surface area is 174 Å². The number of aromatic nitrogens is 1. The summed E-state index contributed by atoms with van der Waals surface area (Å²) in [6.07, 6.45) is 5.41. The molecule has 29 heavy (non-hydrogen) atoms. The Morgan fingerprint density at radius 2 is 2.03 bits per heavy atom. The van der Waals surface area contributed by atoms with Crippen molar-refractivity contribution in [1.82, 2.24) is 19.7 Å². The first-order chi connectivity index (χ1) is 14.1. The lowest BCUT2D eigenvalue weighted by atomic mass is 9.79. The second kappa shape index (κ2) is 8.33. The van der Waals surface area contributed by atoms with Crippen LogP contribution in [-0.2, 0) is 11.2 Å². The maximum Gasteiger partial charge on any atom is 0.230 e. The fourth-order valence-electron chi connectivity index (χ4n) is 4.67. The topological polar surface area (TPSA) is 42.4 Å². The van der Waals surface area contributed by atoms with E-state index in [2.05, 4.69) is 73.1 Å². The average molecular weight is 394 g/mol. The second-order valence-corrected chi connectivity index (χ2v) is 8.28. The van der Waals surface area contributed by atoms with Gasteiger partial charge in [-0.25, -0.2) is 0 Å². The van der Waals surface area contributed by atoms with E-state index in [1.165, 1.54) is 40.7 Å². The van der Waals surface area contributed by atoms with E-state index in [-0.39, 0.29) is 11.8 Å². The molecule has 1 radical (unpaired) electrons. The number of carbonyl (C=O) groups excluding carboxylic acids is 1. The van der Waals surface area contributed by atoms with Gasteiger partial charge in [-0.2, -0.15) is 0 Å². The van der Waals surface area contributed by atoms with E-state index in [0.717, 1.165) is 32.6 Å². The van der Waals surface area contributed by atoms with Gasteiger partial charge in [-0.3, -0.25) is 9.69 Å². The number of carbonyl (C=O) groups is 1. The zero-order valence-electron chi connectivity index (χ0n) is 17.9. The summed E-state index contributed by atoms with van der Waals surface area (Å²) in [5, 5.41) is 1.34. The minimum atomic E-state index is -0.0445. The largest absolute Gasteiger partial charge is 0.361 e. The molecule has 155 valence electrons. The molecule has 0 saturated carbocycles. The first-order valence-electron chi connectivity index (χ1n) is 10.9. The number of rotatable bonds is 4. The van der Waals surface area contributed by atoms with E-state index in [4.69, 9.17) is 0 Å². The number of nitrogens with zero attached hydrogens (tertiary/aromatic N) is 3. The zero-order chi connectivity index (χ0) is 20.5. The quantitative estimate of drug-likeness (QED) is 0.812. The molecule has 0 spiro atoms. The van der Waals surface area contributed by atoms with Crippen LogP contribution in [-0.4, -0.2) is 77.9 Å². The molecule has 2 atom stereocenters.